The van der Waals surface area contributed by atoms with E-state index < -0.39 is 5.41 Å². The standard InChI is InChI=1S/C16H30N2O3/c1-5-13(6-2)10-18(11-14(19)21-4)15(20)16(3)8-7-9-17-12-16/h13,17H,5-12H2,1-4H3. The first-order chi connectivity index (χ1) is 9.96. The first-order valence-corrected chi connectivity index (χ1v) is 8.03. The molecular weight excluding hydrogens is 268 g/mol. The predicted molar refractivity (Wildman–Crippen MR) is 82.9 cm³/mol. The summed E-state index contributed by atoms with van der Waals surface area (Å²) in [5, 5.41) is 3.30. The van der Waals surface area contributed by atoms with E-state index in [4.69, 9.17) is 4.74 Å². The Balaban J connectivity index is 2.82. The average molecular weight is 298 g/mol. The lowest BCUT2D eigenvalue weighted by Gasteiger charge is -2.38. The summed E-state index contributed by atoms with van der Waals surface area (Å²) >= 11 is 0. The van der Waals surface area contributed by atoms with Crippen LogP contribution in [0.3, 0.4) is 0 Å². The van der Waals surface area contributed by atoms with Crippen molar-refractivity contribution in [2.24, 2.45) is 11.3 Å². The van der Waals surface area contributed by atoms with Crippen LogP contribution in [-0.4, -0.2) is 50.1 Å². The van der Waals surface area contributed by atoms with Crippen LogP contribution < -0.4 is 5.32 Å². The number of amides is 1. The van der Waals surface area contributed by atoms with Crippen molar-refractivity contribution >= 4 is 11.9 Å². The van der Waals surface area contributed by atoms with Gasteiger partial charge in [-0.05, 0) is 32.2 Å². The third-order valence-corrected chi connectivity index (χ3v) is 4.58. The largest absolute Gasteiger partial charge is 0.468 e. The Morgan fingerprint density at radius 2 is 2.00 bits per heavy atom. The van der Waals surface area contributed by atoms with E-state index in [2.05, 4.69) is 19.2 Å². The van der Waals surface area contributed by atoms with Crippen LogP contribution in [0.5, 0.6) is 0 Å². The number of rotatable bonds is 7. The molecule has 0 saturated carbocycles. The van der Waals surface area contributed by atoms with Gasteiger partial charge in [-0.15, -0.1) is 0 Å². The Morgan fingerprint density at radius 3 is 2.48 bits per heavy atom. The Morgan fingerprint density at radius 1 is 1.33 bits per heavy atom. The molecule has 1 aliphatic heterocycles. The molecule has 1 unspecified atom stereocenters. The highest BCUT2D eigenvalue weighted by Gasteiger charge is 2.38. The van der Waals surface area contributed by atoms with Crippen molar-refractivity contribution in [2.75, 3.05) is 33.3 Å². The van der Waals surface area contributed by atoms with Crippen LogP contribution in [0.15, 0.2) is 0 Å². The lowest BCUT2D eigenvalue weighted by atomic mass is 9.81. The average Bonchev–Trinajstić information content (AvgIpc) is 2.51. The van der Waals surface area contributed by atoms with E-state index in [0.717, 1.165) is 32.2 Å². The van der Waals surface area contributed by atoms with E-state index in [1.165, 1.54) is 7.11 Å². The van der Waals surface area contributed by atoms with Crippen molar-refractivity contribution in [2.45, 2.75) is 46.5 Å². The van der Waals surface area contributed by atoms with Crippen LogP contribution >= 0.6 is 0 Å². The number of hydrogen-bond donors (Lipinski definition) is 1. The summed E-state index contributed by atoms with van der Waals surface area (Å²) < 4.78 is 4.75. The number of carbonyl (C=O) groups excluding carboxylic acids is 2. The van der Waals surface area contributed by atoms with Gasteiger partial charge in [-0.2, -0.15) is 0 Å². The number of nitrogens with zero attached hydrogens (tertiary/aromatic N) is 1. The molecule has 0 aromatic carbocycles. The van der Waals surface area contributed by atoms with Gasteiger partial charge in [0, 0.05) is 13.1 Å². The minimum atomic E-state index is -0.404. The van der Waals surface area contributed by atoms with Gasteiger partial charge in [0.1, 0.15) is 6.54 Å². The molecule has 21 heavy (non-hydrogen) atoms. The zero-order valence-electron chi connectivity index (χ0n) is 13.9. The van der Waals surface area contributed by atoms with E-state index in [1.807, 2.05) is 6.92 Å². The predicted octanol–water partition coefficient (Wildman–Crippen LogP) is 1.81. The maximum absolute atomic E-state index is 12.9. The fourth-order valence-corrected chi connectivity index (χ4v) is 2.92. The monoisotopic (exact) mass is 298 g/mol. The highest BCUT2D eigenvalue weighted by Crippen LogP contribution is 2.28. The number of piperidine rings is 1. The minimum absolute atomic E-state index is 0.0570. The van der Waals surface area contributed by atoms with Crippen molar-refractivity contribution in [1.82, 2.24) is 10.2 Å². The van der Waals surface area contributed by atoms with Gasteiger partial charge in [0.05, 0.1) is 12.5 Å². The summed E-state index contributed by atoms with van der Waals surface area (Å²) in [5.74, 6) is 0.160. The van der Waals surface area contributed by atoms with Gasteiger partial charge < -0.3 is 15.0 Å². The second-order valence-corrected chi connectivity index (χ2v) is 6.29. The number of ether oxygens (including phenoxy) is 1. The van der Waals surface area contributed by atoms with Gasteiger partial charge in [0.25, 0.3) is 0 Å². The second kappa shape index (κ2) is 8.37. The summed E-state index contributed by atoms with van der Waals surface area (Å²) in [6.45, 7) is 8.59. The summed E-state index contributed by atoms with van der Waals surface area (Å²) in [6, 6.07) is 0. The van der Waals surface area contributed by atoms with Crippen molar-refractivity contribution in [1.29, 1.82) is 0 Å². The molecule has 0 radical (unpaired) electrons. The summed E-state index contributed by atoms with van der Waals surface area (Å²) in [5.41, 5.74) is -0.404. The van der Waals surface area contributed by atoms with E-state index in [1.54, 1.807) is 4.90 Å². The van der Waals surface area contributed by atoms with Crippen molar-refractivity contribution in [3.05, 3.63) is 0 Å². The molecule has 1 aliphatic rings. The smallest absolute Gasteiger partial charge is 0.325 e. The summed E-state index contributed by atoms with van der Waals surface area (Å²) in [7, 11) is 1.37. The van der Waals surface area contributed by atoms with Crippen LogP contribution in [0.4, 0.5) is 0 Å². The fraction of sp³-hybridized carbons (Fsp3) is 0.875. The molecule has 0 bridgehead atoms. The molecule has 1 heterocycles. The van der Waals surface area contributed by atoms with Gasteiger partial charge in [0.15, 0.2) is 0 Å². The quantitative estimate of drug-likeness (QED) is 0.728. The molecule has 0 aromatic heterocycles. The molecule has 1 saturated heterocycles. The third kappa shape index (κ3) is 4.99. The number of methoxy groups -OCH3 is 1. The summed E-state index contributed by atoms with van der Waals surface area (Å²) in [6.07, 6.45) is 3.89. The number of esters is 1. The highest BCUT2D eigenvalue weighted by atomic mass is 16.5. The van der Waals surface area contributed by atoms with Gasteiger partial charge in [0.2, 0.25) is 5.91 Å². The molecular formula is C16H30N2O3. The van der Waals surface area contributed by atoms with E-state index in [-0.39, 0.29) is 18.4 Å². The first-order valence-electron chi connectivity index (χ1n) is 8.03. The molecule has 122 valence electrons. The van der Waals surface area contributed by atoms with Crippen molar-refractivity contribution in [3.63, 3.8) is 0 Å². The lowest BCUT2D eigenvalue weighted by Crippen LogP contribution is -2.52. The molecule has 1 N–H and O–H groups in total. The van der Waals surface area contributed by atoms with Crippen molar-refractivity contribution < 1.29 is 14.3 Å². The number of hydrogen-bond acceptors (Lipinski definition) is 4. The Labute approximate surface area is 128 Å². The van der Waals surface area contributed by atoms with E-state index >= 15 is 0 Å². The third-order valence-electron chi connectivity index (χ3n) is 4.58. The molecule has 1 amide bonds. The van der Waals surface area contributed by atoms with Crippen LogP contribution in [-0.2, 0) is 14.3 Å². The minimum Gasteiger partial charge on any atom is -0.468 e. The Bertz CT molecular complexity index is 347. The molecule has 1 rings (SSSR count). The van der Waals surface area contributed by atoms with Gasteiger partial charge in [-0.1, -0.05) is 26.7 Å². The van der Waals surface area contributed by atoms with Gasteiger partial charge in [-0.3, -0.25) is 9.59 Å². The molecule has 5 heteroatoms. The Kier molecular flexibility index (Phi) is 7.15. The highest BCUT2D eigenvalue weighted by molar-refractivity contribution is 5.86. The molecule has 1 fully saturated rings. The van der Waals surface area contributed by atoms with Crippen LogP contribution in [0.1, 0.15) is 46.5 Å². The summed E-state index contributed by atoms with van der Waals surface area (Å²) in [4.78, 5) is 26.3. The maximum Gasteiger partial charge on any atom is 0.325 e. The number of nitrogens with one attached hydrogen (secondary N) is 1. The van der Waals surface area contributed by atoms with Gasteiger partial charge >= 0.3 is 5.97 Å². The van der Waals surface area contributed by atoms with Crippen molar-refractivity contribution in [3.8, 4) is 0 Å². The second-order valence-electron chi connectivity index (χ2n) is 6.29. The molecule has 0 aromatic rings. The molecule has 1 atom stereocenters. The first kappa shape index (κ1) is 18.0. The van der Waals surface area contributed by atoms with Crippen LogP contribution in [0, 0.1) is 11.3 Å². The van der Waals surface area contributed by atoms with Crippen LogP contribution in [0.25, 0.3) is 0 Å². The Hall–Kier alpha value is -1.10. The molecule has 5 nitrogen and oxygen atoms in total. The zero-order chi connectivity index (χ0) is 15.9. The topological polar surface area (TPSA) is 58.6 Å². The molecule has 0 aliphatic carbocycles. The van der Waals surface area contributed by atoms with Gasteiger partial charge in [-0.25, -0.2) is 0 Å². The number of carbonyl (C=O) groups is 2. The lowest BCUT2D eigenvalue weighted by molar-refractivity contribution is -0.152. The van der Waals surface area contributed by atoms with Crippen LogP contribution in [0.2, 0.25) is 0 Å². The normalized spacial score (nSPS) is 22.1. The fourth-order valence-electron chi connectivity index (χ4n) is 2.92. The van der Waals surface area contributed by atoms with E-state index in [9.17, 15) is 9.59 Å². The van der Waals surface area contributed by atoms with E-state index in [0.29, 0.717) is 19.0 Å². The SMILES string of the molecule is CCC(CC)CN(CC(=O)OC)C(=O)C1(C)CCCNC1. The maximum atomic E-state index is 12.9. The molecule has 0 spiro atoms. The zero-order valence-corrected chi connectivity index (χ0v) is 13.9.